The predicted octanol–water partition coefficient (Wildman–Crippen LogP) is 8.35. The molecule has 0 saturated carbocycles. The van der Waals surface area contributed by atoms with Crippen LogP contribution in [0.2, 0.25) is 5.02 Å². The lowest BCUT2D eigenvalue weighted by Gasteiger charge is -2.13. The molecule has 8 rings (SSSR count). The maximum absolute atomic E-state index is 12.8. The van der Waals surface area contributed by atoms with Gasteiger partial charge in [0.05, 0.1) is 28.2 Å². The molecule has 1 unspecified atom stereocenters. The van der Waals surface area contributed by atoms with Gasteiger partial charge in [0.15, 0.2) is 0 Å². The highest BCUT2D eigenvalue weighted by atomic mass is 35.5. The van der Waals surface area contributed by atoms with Crippen LogP contribution in [0.25, 0.3) is 32.8 Å². The van der Waals surface area contributed by atoms with Gasteiger partial charge < -0.3 is 19.7 Å². The number of fused-ring (bicyclic) bond motifs is 10. The zero-order valence-corrected chi connectivity index (χ0v) is 28.6. The standard InChI is InChI=1S/C35H33ClN4O3S3/c1-39-33-25-10-11-26(36)31(33)32-27(38-40-12-4-9-28(32)40)18-44-19-30-37-16-22(46-30)17-45-21-14-20-6-2-3-7-23(20)29(15-21)43-13-5-8-24(25)34(39)35(41)42/h2-3,6-7,10-11,14-16,30,37H,4-5,8-9,12-13,17-19H2,1H3,(H,41,42). The van der Waals surface area contributed by atoms with Gasteiger partial charge in [-0.05, 0) is 54.8 Å². The van der Waals surface area contributed by atoms with E-state index in [0.717, 1.165) is 86.5 Å². The van der Waals surface area contributed by atoms with Gasteiger partial charge in [0.2, 0.25) is 0 Å². The molecule has 5 aromatic rings. The first kappa shape index (κ1) is 30.2. The number of carboxylic acids is 1. The van der Waals surface area contributed by atoms with Crippen molar-refractivity contribution in [3.8, 4) is 16.9 Å². The number of aromatic nitrogens is 3. The second-order valence-electron chi connectivity index (χ2n) is 11.9. The van der Waals surface area contributed by atoms with Gasteiger partial charge in [-0.25, -0.2) is 4.79 Å². The molecule has 2 N–H and O–H groups in total. The van der Waals surface area contributed by atoms with Crippen molar-refractivity contribution in [3.05, 3.63) is 87.3 Å². The van der Waals surface area contributed by atoms with Gasteiger partial charge in [-0.15, -0.1) is 23.5 Å². The average Bonchev–Trinajstić information content (AvgIpc) is 3.82. The Balaban J connectivity index is 1.23. The fraction of sp³-hybridized carbons (Fsp3) is 0.314. The highest BCUT2D eigenvalue weighted by Gasteiger charge is 2.30. The minimum Gasteiger partial charge on any atom is -0.493 e. The number of nitrogens with one attached hydrogen (secondary N) is 1. The highest BCUT2D eigenvalue weighted by Crippen LogP contribution is 2.44. The third kappa shape index (κ3) is 5.37. The molecule has 1 atom stereocenters. The minimum absolute atomic E-state index is 0.295. The SMILES string of the molecule is Cn1c(C(=O)O)c2c3ccc(Cl)c(c31)-c1c(nn3c1CCC3)CSCC1NC=C(CSc3cc(c4ccccc4c3)OCCC2)S1. The number of hydrogen-bond acceptors (Lipinski definition) is 7. The van der Waals surface area contributed by atoms with Crippen molar-refractivity contribution in [1.82, 2.24) is 19.7 Å². The number of nitrogens with zero attached hydrogens (tertiary/aromatic N) is 3. The molecule has 11 heteroatoms. The summed E-state index contributed by atoms with van der Waals surface area (Å²) in [5.41, 5.74) is 6.17. The van der Waals surface area contributed by atoms with Crippen LogP contribution in [0.4, 0.5) is 0 Å². The van der Waals surface area contributed by atoms with Gasteiger partial charge >= 0.3 is 5.97 Å². The van der Waals surface area contributed by atoms with E-state index in [0.29, 0.717) is 35.5 Å². The van der Waals surface area contributed by atoms with Gasteiger partial charge in [0.1, 0.15) is 11.4 Å². The smallest absolute Gasteiger partial charge is 0.352 e. The number of carbonyl (C=O) groups is 1. The summed E-state index contributed by atoms with van der Waals surface area (Å²) in [7, 11) is 1.85. The lowest BCUT2D eigenvalue weighted by atomic mass is 9.97. The topological polar surface area (TPSA) is 81.3 Å². The van der Waals surface area contributed by atoms with Crippen molar-refractivity contribution in [1.29, 1.82) is 0 Å². The van der Waals surface area contributed by atoms with Gasteiger partial charge in [0, 0.05) is 74.4 Å². The van der Waals surface area contributed by atoms with Crippen LogP contribution in [0, 0.1) is 0 Å². The number of ether oxygens (including phenoxy) is 1. The Morgan fingerprint density at radius 1 is 1.09 bits per heavy atom. The molecule has 0 radical (unpaired) electrons. The predicted molar refractivity (Wildman–Crippen MR) is 192 cm³/mol. The van der Waals surface area contributed by atoms with Crippen LogP contribution in [-0.4, -0.2) is 48.9 Å². The van der Waals surface area contributed by atoms with Crippen molar-refractivity contribution >= 4 is 74.5 Å². The maximum Gasteiger partial charge on any atom is 0.352 e. The van der Waals surface area contributed by atoms with Crippen LogP contribution in [0.5, 0.6) is 5.75 Å². The van der Waals surface area contributed by atoms with E-state index in [2.05, 4.69) is 46.5 Å². The summed E-state index contributed by atoms with van der Waals surface area (Å²) >= 11 is 12.7. The molecule has 2 aromatic heterocycles. The van der Waals surface area contributed by atoms with Crippen molar-refractivity contribution in [3.63, 3.8) is 0 Å². The summed E-state index contributed by atoms with van der Waals surface area (Å²) in [6.07, 6.45) is 5.38. The quantitative estimate of drug-likeness (QED) is 0.182. The Morgan fingerprint density at radius 2 is 1.98 bits per heavy atom. The van der Waals surface area contributed by atoms with Gasteiger partial charge in [-0.2, -0.15) is 16.9 Å². The molecule has 0 saturated heterocycles. The molecule has 0 amide bonds. The average molecular weight is 689 g/mol. The van der Waals surface area contributed by atoms with Gasteiger partial charge in [-0.1, -0.05) is 41.9 Å². The summed E-state index contributed by atoms with van der Waals surface area (Å²) in [5.74, 6) is 2.50. The third-order valence-corrected chi connectivity index (χ3v) is 12.9. The Morgan fingerprint density at radius 3 is 2.87 bits per heavy atom. The fourth-order valence-corrected chi connectivity index (χ4v) is 10.5. The summed E-state index contributed by atoms with van der Waals surface area (Å²) in [6.45, 7) is 1.36. The van der Waals surface area contributed by atoms with Crippen LogP contribution in [-0.2, 0) is 32.2 Å². The van der Waals surface area contributed by atoms with E-state index in [1.54, 1.807) is 0 Å². The van der Waals surface area contributed by atoms with E-state index in [1.165, 1.54) is 15.5 Å². The first-order chi connectivity index (χ1) is 22.5. The Hall–Kier alpha value is -3.18. The molecule has 0 fully saturated rings. The van der Waals surface area contributed by atoms with Crippen LogP contribution >= 0.6 is 46.9 Å². The molecular weight excluding hydrogens is 656 g/mol. The summed E-state index contributed by atoms with van der Waals surface area (Å²) in [5, 5.41) is 23.2. The summed E-state index contributed by atoms with van der Waals surface area (Å²) < 4.78 is 10.4. The van der Waals surface area contributed by atoms with Gasteiger partial charge in [-0.3, -0.25) is 4.68 Å². The molecule has 236 valence electrons. The second-order valence-corrected chi connectivity index (χ2v) is 15.7. The highest BCUT2D eigenvalue weighted by molar-refractivity contribution is 8.07. The largest absolute Gasteiger partial charge is 0.493 e. The molecule has 7 nitrogen and oxygen atoms in total. The van der Waals surface area contributed by atoms with Crippen molar-refractivity contribution in [2.45, 2.75) is 48.3 Å². The molecule has 3 aliphatic rings. The number of benzene rings is 3. The molecule has 3 aromatic carbocycles. The number of hydrogen-bond donors (Lipinski definition) is 2. The summed E-state index contributed by atoms with van der Waals surface area (Å²) in [6, 6.07) is 16.6. The first-order valence-corrected chi connectivity index (χ1v) is 19.0. The van der Waals surface area contributed by atoms with E-state index in [1.807, 2.05) is 65.1 Å². The van der Waals surface area contributed by atoms with E-state index in [4.69, 9.17) is 21.4 Å². The fourth-order valence-electron chi connectivity index (χ4n) is 7.03. The zero-order valence-electron chi connectivity index (χ0n) is 25.3. The molecule has 0 spiro atoms. The number of aromatic carboxylic acids is 1. The normalized spacial score (nSPS) is 18.5. The van der Waals surface area contributed by atoms with Crippen molar-refractivity contribution < 1.29 is 14.6 Å². The Kier molecular flexibility index (Phi) is 8.16. The maximum atomic E-state index is 12.8. The summed E-state index contributed by atoms with van der Waals surface area (Å²) in [4.78, 5) is 15.3. The molecule has 8 bridgehead atoms. The zero-order chi connectivity index (χ0) is 31.4. The van der Waals surface area contributed by atoms with Crippen LogP contribution in [0.15, 0.2) is 64.5 Å². The van der Waals surface area contributed by atoms with E-state index < -0.39 is 5.97 Å². The first-order valence-electron chi connectivity index (χ1n) is 15.6. The number of halogens is 1. The molecule has 5 heterocycles. The monoisotopic (exact) mass is 688 g/mol. The molecule has 46 heavy (non-hydrogen) atoms. The number of carboxylic acid groups (broad SMARTS) is 1. The number of rotatable bonds is 1. The van der Waals surface area contributed by atoms with Crippen LogP contribution < -0.4 is 10.1 Å². The number of thioether (sulfide) groups is 3. The molecule has 0 aliphatic carbocycles. The second kappa shape index (κ2) is 12.4. The van der Waals surface area contributed by atoms with Crippen molar-refractivity contribution in [2.24, 2.45) is 7.05 Å². The minimum atomic E-state index is -0.938. The van der Waals surface area contributed by atoms with Crippen LogP contribution in [0.1, 0.15) is 40.3 Å². The third-order valence-electron chi connectivity index (χ3n) is 9.01. The lowest BCUT2D eigenvalue weighted by molar-refractivity contribution is 0.0685. The number of aryl methyl sites for hydroxylation is 3. The van der Waals surface area contributed by atoms with Crippen molar-refractivity contribution in [2.75, 3.05) is 18.1 Å². The molecular formula is C35H33ClN4O3S3. The van der Waals surface area contributed by atoms with E-state index >= 15 is 0 Å². The van der Waals surface area contributed by atoms with E-state index in [-0.39, 0.29) is 0 Å². The lowest BCUT2D eigenvalue weighted by Crippen LogP contribution is -2.18. The van der Waals surface area contributed by atoms with Crippen LogP contribution in [0.3, 0.4) is 0 Å². The van der Waals surface area contributed by atoms with E-state index in [9.17, 15) is 9.90 Å². The Bertz CT molecular complexity index is 2050. The molecule has 3 aliphatic heterocycles. The van der Waals surface area contributed by atoms with Gasteiger partial charge in [0.25, 0.3) is 0 Å². The Labute approximate surface area is 285 Å².